The lowest BCUT2D eigenvalue weighted by atomic mass is 9.99. The molecule has 0 N–H and O–H groups in total. The van der Waals surface area contributed by atoms with Gasteiger partial charge in [0.1, 0.15) is 5.60 Å². The first-order valence-electron chi connectivity index (χ1n) is 5.53. The van der Waals surface area contributed by atoms with Crippen molar-refractivity contribution < 1.29 is 4.74 Å². The van der Waals surface area contributed by atoms with Crippen molar-refractivity contribution in [3.05, 3.63) is 34.9 Å². The number of benzene rings is 1. The van der Waals surface area contributed by atoms with Crippen molar-refractivity contribution in [2.45, 2.75) is 39.0 Å². The summed E-state index contributed by atoms with van der Waals surface area (Å²) in [6.07, 6.45) is 0.758. The van der Waals surface area contributed by atoms with Gasteiger partial charge in [-0.25, -0.2) is 0 Å². The van der Waals surface area contributed by atoms with Gasteiger partial charge in [-0.3, -0.25) is 4.99 Å². The molecule has 1 aliphatic rings. The molecule has 1 aromatic rings. The number of ether oxygens (including phenoxy) is 1. The quantitative estimate of drug-likeness (QED) is 0.762. The molecule has 2 nitrogen and oxygen atoms in total. The predicted octanol–water partition coefficient (Wildman–Crippen LogP) is 4.00. The van der Waals surface area contributed by atoms with Crippen LogP contribution in [0.15, 0.2) is 29.3 Å². The Balaban J connectivity index is 2.24. The molecule has 0 radical (unpaired) electrons. The first kappa shape index (κ1) is 11.6. The van der Waals surface area contributed by atoms with Crippen LogP contribution in [0.1, 0.15) is 39.0 Å². The Hall–Kier alpha value is -0.860. The summed E-state index contributed by atoms with van der Waals surface area (Å²) in [6.45, 7) is 6.23. The molecule has 0 amide bonds. The van der Waals surface area contributed by atoms with Gasteiger partial charge >= 0.3 is 0 Å². The molecule has 2 unspecified atom stereocenters. The van der Waals surface area contributed by atoms with Crippen LogP contribution in [0, 0.1) is 0 Å². The number of nitrogens with zero attached hydrogens (tertiary/aromatic N) is 1. The van der Waals surface area contributed by atoms with E-state index in [1.165, 1.54) is 0 Å². The number of aliphatic imine (C=N–C) groups is 1. The maximum Gasteiger partial charge on any atom is 0.175 e. The first-order chi connectivity index (χ1) is 7.55. The third kappa shape index (κ3) is 2.00. The number of rotatable bonds is 2. The van der Waals surface area contributed by atoms with Gasteiger partial charge in [0.15, 0.2) is 6.23 Å². The molecule has 86 valence electrons. The summed E-state index contributed by atoms with van der Waals surface area (Å²) in [4.78, 5) is 4.56. The van der Waals surface area contributed by atoms with Crippen molar-refractivity contribution in [3.63, 3.8) is 0 Å². The Kier molecular flexibility index (Phi) is 3.04. The fraction of sp³-hybridized carbons (Fsp3) is 0.462. The standard InChI is InChI=1S/C13H16ClNO/c1-4-13(3)9(2)15-12(16-13)10-5-7-11(14)8-6-10/h5-8,12H,4H2,1-3H3. The zero-order valence-corrected chi connectivity index (χ0v) is 10.6. The molecule has 0 spiro atoms. The van der Waals surface area contributed by atoms with Gasteiger partial charge in [-0.15, -0.1) is 0 Å². The molecule has 2 atom stereocenters. The maximum absolute atomic E-state index is 5.99. The topological polar surface area (TPSA) is 21.6 Å². The molecule has 2 rings (SSSR count). The van der Waals surface area contributed by atoms with Crippen LogP contribution in [-0.4, -0.2) is 11.3 Å². The lowest BCUT2D eigenvalue weighted by Gasteiger charge is -2.23. The van der Waals surface area contributed by atoms with E-state index in [9.17, 15) is 0 Å². The highest BCUT2D eigenvalue weighted by Crippen LogP contribution is 2.35. The summed E-state index contributed by atoms with van der Waals surface area (Å²) in [7, 11) is 0. The van der Waals surface area contributed by atoms with Crippen LogP contribution in [0.5, 0.6) is 0 Å². The molecule has 0 aromatic heterocycles. The van der Waals surface area contributed by atoms with Crippen LogP contribution in [0.3, 0.4) is 0 Å². The van der Waals surface area contributed by atoms with Gasteiger partial charge in [0.05, 0.1) is 0 Å². The molecule has 0 aliphatic carbocycles. The van der Waals surface area contributed by atoms with E-state index in [2.05, 4.69) is 18.8 Å². The second-order valence-corrected chi connectivity index (χ2v) is 4.76. The zero-order valence-electron chi connectivity index (χ0n) is 9.83. The zero-order chi connectivity index (χ0) is 11.8. The molecule has 1 heterocycles. The largest absolute Gasteiger partial charge is 0.340 e. The van der Waals surface area contributed by atoms with Crippen LogP contribution < -0.4 is 0 Å². The summed E-state index contributed by atoms with van der Waals surface area (Å²) in [6, 6.07) is 7.66. The minimum atomic E-state index is -0.218. The first-order valence-corrected chi connectivity index (χ1v) is 5.91. The minimum absolute atomic E-state index is 0.179. The van der Waals surface area contributed by atoms with Gasteiger partial charge in [-0.1, -0.05) is 30.7 Å². The summed E-state index contributed by atoms with van der Waals surface area (Å²) in [5, 5.41) is 0.737. The van der Waals surface area contributed by atoms with E-state index in [4.69, 9.17) is 16.3 Å². The average molecular weight is 238 g/mol. The Bertz CT molecular complexity index is 412. The highest BCUT2D eigenvalue weighted by atomic mass is 35.5. The Morgan fingerprint density at radius 1 is 1.38 bits per heavy atom. The second kappa shape index (κ2) is 4.19. The summed E-state index contributed by atoms with van der Waals surface area (Å²) in [5.41, 5.74) is 1.90. The molecule has 0 saturated heterocycles. The summed E-state index contributed by atoms with van der Waals surface area (Å²) < 4.78 is 5.99. The molecule has 0 saturated carbocycles. The fourth-order valence-electron chi connectivity index (χ4n) is 1.78. The minimum Gasteiger partial charge on any atom is -0.340 e. The fourth-order valence-corrected chi connectivity index (χ4v) is 1.91. The second-order valence-electron chi connectivity index (χ2n) is 4.32. The van der Waals surface area contributed by atoms with E-state index in [1.54, 1.807) is 0 Å². The lowest BCUT2D eigenvalue weighted by molar-refractivity contribution is -0.0172. The smallest absolute Gasteiger partial charge is 0.175 e. The third-order valence-corrected chi connectivity index (χ3v) is 3.53. The lowest BCUT2D eigenvalue weighted by Crippen LogP contribution is -2.31. The van der Waals surface area contributed by atoms with Crippen molar-refractivity contribution in [3.8, 4) is 0 Å². The summed E-state index contributed by atoms with van der Waals surface area (Å²) >= 11 is 5.85. The van der Waals surface area contributed by atoms with E-state index in [0.29, 0.717) is 0 Å². The SMILES string of the molecule is CCC1(C)OC(c2ccc(Cl)cc2)N=C1C. The molecule has 0 bridgehead atoms. The molecule has 0 fully saturated rings. The normalized spacial score (nSPS) is 29.2. The Morgan fingerprint density at radius 3 is 2.50 bits per heavy atom. The number of hydrogen-bond acceptors (Lipinski definition) is 2. The van der Waals surface area contributed by atoms with Crippen molar-refractivity contribution in [2.24, 2.45) is 4.99 Å². The van der Waals surface area contributed by atoms with E-state index < -0.39 is 0 Å². The third-order valence-electron chi connectivity index (χ3n) is 3.28. The van der Waals surface area contributed by atoms with Crippen molar-refractivity contribution in [2.75, 3.05) is 0 Å². The number of halogens is 1. The van der Waals surface area contributed by atoms with Gasteiger partial charge < -0.3 is 4.74 Å². The van der Waals surface area contributed by atoms with Crippen LogP contribution in [0.2, 0.25) is 5.02 Å². The highest BCUT2D eigenvalue weighted by Gasteiger charge is 2.36. The molecular weight excluding hydrogens is 222 g/mol. The highest BCUT2D eigenvalue weighted by molar-refractivity contribution is 6.30. The Morgan fingerprint density at radius 2 is 2.00 bits per heavy atom. The van der Waals surface area contributed by atoms with Crippen molar-refractivity contribution in [1.29, 1.82) is 0 Å². The molecular formula is C13H16ClNO. The van der Waals surface area contributed by atoms with Crippen LogP contribution in [0.4, 0.5) is 0 Å². The van der Waals surface area contributed by atoms with E-state index in [1.807, 2.05) is 31.2 Å². The maximum atomic E-state index is 5.99. The van der Waals surface area contributed by atoms with E-state index in [0.717, 1.165) is 22.7 Å². The monoisotopic (exact) mass is 237 g/mol. The van der Waals surface area contributed by atoms with E-state index in [-0.39, 0.29) is 11.8 Å². The van der Waals surface area contributed by atoms with Crippen LogP contribution in [0.25, 0.3) is 0 Å². The van der Waals surface area contributed by atoms with Gasteiger partial charge in [0.2, 0.25) is 0 Å². The van der Waals surface area contributed by atoms with Gasteiger partial charge in [-0.05, 0) is 32.4 Å². The molecule has 1 aliphatic heterocycles. The molecule has 16 heavy (non-hydrogen) atoms. The number of hydrogen-bond donors (Lipinski definition) is 0. The molecule has 3 heteroatoms. The summed E-state index contributed by atoms with van der Waals surface area (Å²) in [5.74, 6) is 0. The van der Waals surface area contributed by atoms with Gasteiger partial charge in [0, 0.05) is 16.3 Å². The van der Waals surface area contributed by atoms with Crippen molar-refractivity contribution >= 4 is 17.3 Å². The van der Waals surface area contributed by atoms with Gasteiger partial charge in [-0.2, -0.15) is 0 Å². The van der Waals surface area contributed by atoms with Gasteiger partial charge in [0.25, 0.3) is 0 Å². The van der Waals surface area contributed by atoms with Crippen molar-refractivity contribution in [1.82, 2.24) is 0 Å². The average Bonchev–Trinajstić information content (AvgIpc) is 2.57. The van der Waals surface area contributed by atoms with E-state index >= 15 is 0 Å². The van der Waals surface area contributed by atoms with Crippen LogP contribution in [-0.2, 0) is 4.74 Å². The Labute approximate surface area is 101 Å². The molecule has 1 aromatic carbocycles. The van der Waals surface area contributed by atoms with Crippen LogP contribution >= 0.6 is 11.6 Å². The predicted molar refractivity (Wildman–Crippen MR) is 67.1 cm³/mol.